The summed E-state index contributed by atoms with van der Waals surface area (Å²) in [4.78, 5) is 22.0. The van der Waals surface area contributed by atoms with Gasteiger partial charge in [-0.1, -0.05) is 0 Å². The zero-order valence-electron chi connectivity index (χ0n) is 9.94. The summed E-state index contributed by atoms with van der Waals surface area (Å²) in [6.45, 7) is 4.72. The normalized spacial score (nSPS) is 16.3. The summed E-state index contributed by atoms with van der Waals surface area (Å²) in [5, 5.41) is 5.95. The highest BCUT2D eigenvalue weighted by Crippen LogP contribution is 2.13. The molecule has 0 aliphatic carbocycles. The zero-order chi connectivity index (χ0) is 12.1. The SMILES string of the molecule is CCNc1cncc(N2CCCNC(=O)C2)n1. The fraction of sp³-hybridized carbons (Fsp3) is 0.545. The quantitative estimate of drug-likeness (QED) is 0.785. The van der Waals surface area contributed by atoms with E-state index in [4.69, 9.17) is 0 Å². The van der Waals surface area contributed by atoms with Crippen LogP contribution in [0.4, 0.5) is 11.6 Å². The molecule has 1 fully saturated rings. The summed E-state index contributed by atoms with van der Waals surface area (Å²) in [6.07, 6.45) is 4.31. The summed E-state index contributed by atoms with van der Waals surface area (Å²) in [7, 11) is 0. The molecule has 0 unspecified atom stereocenters. The van der Waals surface area contributed by atoms with E-state index in [1.807, 2.05) is 11.8 Å². The van der Waals surface area contributed by atoms with Crippen LogP contribution in [0, 0.1) is 0 Å². The number of amides is 1. The van der Waals surface area contributed by atoms with Crippen molar-refractivity contribution in [3.05, 3.63) is 12.4 Å². The molecule has 1 amide bonds. The first-order chi connectivity index (χ1) is 8.29. The van der Waals surface area contributed by atoms with Crippen LogP contribution >= 0.6 is 0 Å². The van der Waals surface area contributed by atoms with Gasteiger partial charge in [0, 0.05) is 19.6 Å². The third kappa shape index (κ3) is 3.05. The van der Waals surface area contributed by atoms with E-state index in [0.717, 1.165) is 37.7 Å². The summed E-state index contributed by atoms with van der Waals surface area (Å²) in [5.74, 6) is 1.54. The average Bonchev–Trinajstić information content (AvgIpc) is 2.55. The Labute approximate surface area is 100 Å². The molecule has 1 saturated heterocycles. The van der Waals surface area contributed by atoms with E-state index >= 15 is 0 Å². The molecule has 0 aromatic carbocycles. The van der Waals surface area contributed by atoms with E-state index in [-0.39, 0.29) is 5.91 Å². The second-order valence-corrected chi connectivity index (χ2v) is 3.92. The maximum Gasteiger partial charge on any atom is 0.239 e. The highest BCUT2D eigenvalue weighted by atomic mass is 16.2. The lowest BCUT2D eigenvalue weighted by molar-refractivity contribution is -0.119. The number of hydrogen-bond acceptors (Lipinski definition) is 5. The number of carbonyl (C=O) groups is 1. The number of rotatable bonds is 3. The van der Waals surface area contributed by atoms with Crippen molar-refractivity contribution in [2.75, 3.05) is 36.4 Å². The minimum atomic E-state index is 0.0400. The standard InChI is InChI=1S/C11H17N5O/c1-2-13-9-6-12-7-10(15-9)16-5-3-4-14-11(17)8-16/h6-7H,2-5,8H2,1H3,(H,13,15)(H,14,17). The first-order valence-corrected chi connectivity index (χ1v) is 5.87. The third-order valence-corrected chi connectivity index (χ3v) is 2.57. The largest absolute Gasteiger partial charge is 0.369 e. The molecule has 2 N–H and O–H groups in total. The molecule has 1 aliphatic heterocycles. The first-order valence-electron chi connectivity index (χ1n) is 5.87. The molecular formula is C11H17N5O. The summed E-state index contributed by atoms with van der Waals surface area (Å²) in [5.41, 5.74) is 0. The number of carbonyl (C=O) groups excluding carboxylic acids is 1. The number of nitrogens with zero attached hydrogens (tertiary/aromatic N) is 3. The van der Waals surface area contributed by atoms with E-state index in [0.29, 0.717) is 6.54 Å². The van der Waals surface area contributed by atoms with Crippen molar-refractivity contribution in [3.63, 3.8) is 0 Å². The zero-order valence-corrected chi connectivity index (χ0v) is 9.94. The lowest BCUT2D eigenvalue weighted by Gasteiger charge is -2.20. The van der Waals surface area contributed by atoms with Gasteiger partial charge in [-0.2, -0.15) is 0 Å². The lowest BCUT2D eigenvalue weighted by Crippen LogP contribution is -2.33. The van der Waals surface area contributed by atoms with Crippen LogP contribution in [0.5, 0.6) is 0 Å². The van der Waals surface area contributed by atoms with Crippen LogP contribution in [0.15, 0.2) is 12.4 Å². The first kappa shape index (κ1) is 11.6. The molecule has 2 heterocycles. The van der Waals surface area contributed by atoms with Gasteiger partial charge in [-0.25, -0.2) is 4.98 Å². The van der Waals surface area contributed by atoms with Crippen LogP contribution in [-0.4, -0.2) is 42.1 Å². The predicted octanol–water partition coefficient (Wildman–Crippen LogP) is 0.235. The van der Waals surface area contributed by atoms with Crippen molar-refractivity contribution in [3.8, 4) is 0 Å². The molecule has 6 heteroatoms. The topological polar surface area (TPSA) is 70.2 Å². The Kier molecular flexibility index (Phi) is 3.74. The molecule has 0 bridgehead atoms. The molecule has 0 saturated carbocycles. The van der Waals surface area contributed by atoms with E-state index < -0.39 is 0 Å². The minimum absolute atomic E-state index is 0.0400. The molecule has 0 spiro atoms. The number of nitrogens with one attached hydrogen (secondary N) is 2. The highest BCUT2D eigenvalue weighted by molar-refractivity contribution is 5.81. The van der Waals surface area contributed by atoms with Gasteiger partial charge in [-0.15, -0.1) is 0 Å². The van der Waals surface area contributed by atoms with Gasteiger partial charge in [0.05, 0.1) is 18.9 Å². The van der Waals surface area contributed by atoms with E-state index in [1.54, 1.807) is 12.4 Å². The van der Waals surface area contributed by atoms with Gasteiger partial charge in [0.1, 0.15) is 11.6 Å². The van der Waals surface area contributed by atoms with Crippen molar-refractivity contribution in [1.29, 1.82) is 0 Å². The third-order valence-electron chi connectivity index (χ3n) is 2.57. The Morgan fingerprint density at radius 1 is 1.53 bits per heavy atom. The number of aromatic nitrogens is 2. The van der Waals surface area contributed by atoms with E-state index in [9.17, 15) is 4.79 Å². The monoisotopic (exact) mass is 235 g/mol. The minimum Gasteiger partial charge on any atom is -0.369 e. The molecule has 92 valence electrons. The van der Waals surface area contributed by atoms with Crippen molar-refractivity contribution in [1.82, 2.24) is 15.3 Å². The Morgan fingerprint density at radius 3 is 3.24 bits per heavy atom. The summed E-state index contributed by atoms with van der Waals surface area (Å²) >= 11 is 0. The smallest absolute Gasteiger partial charge is 0.239 e. The predicted molar refractivity (Wildman–Crippen MR) is 66.0 cm³/mol. The van der Waals surface area contributed by atoms with Crippen molar-refractivity contribution >= 4 is 17.5 Å². The van der Waals surface area contributed by atoms with E-state index in [2.05, 4.69) is 20.6 Å². The molecule has 0 atom stereocenters. The molecule has 1 aromatic heterocycles. The van der Waals surface area contributed by atoms with E-state index in [1.165, 1.54) is 0 Å². The van der Waals surface area contributed by atoms with Gasteiger partial charge in [0.2, 0.25) is 5.91 Å². The molecule has 6 nitrogen and oxygen atoms in total. The molecule has 1 aromatic rings. The van der Waals surface area contributed by atoms with Gasteiger partial charge in [-0.05, 0) is 13.3 Å². The maximum absolute atomic E-state index is 11.5. The maximum atomic E-state index is 11.5. The molecular weight excluding hydrogens is 218 g/mol. The molecule has 0 radical (unpaired) electrons. The van der Waals surface area contributed by atoms with Gasteiger partial charge in [0.15, 0.2) is 0 Å². The fourth-order valence-electron chi connectivity index (χ4n) is 1.78. The van der Waals surface area contributed by atoms with Crippen LogP contribution in [-0.2, 0) is 4.79 Å². The van der Waals surface area contributed by atoms with Crippen LogP contribution in [0.1, 0.15) is 13.3 Å². The van der Waals surface area contributed by atoms with Crippen LogP contribution < -0.4 is 15.5 Å². The molecule has 2 rings (SSSR count). The van der Waals surface area contributed by atoms with Crippen molar-refractivity contribution < 1.29 is 4.79 Å². The number of hydrogen-bond donors (Lipinski definition) is 2. The Morgan fingerprint density at radius 2 is 2.41 bits per heavy atom. The van der Waals surface area contributed by atoms with Gasteiger partial charge in [0.25, 0.3) is 0 Å². The van der Waals surface area contributed by atoms with Gasteiger partial charge >= 0.3 is 0 Å². The van der Waals surface area contributed by atoms with Crippen LogP contribution in [0.2, 0.25) is 0 Å². The summed E-state index contributed by atoms with van der Waals surface area (Å²) < 4.78 is 0. The highest BCUT2D eigenvalue weighted by Gasteiger charge is 2.16. The Hall–Kier alpha value is -1.85. The Balaban J connectivity index is 2.14. The van der Waals surface area contributed by atoms with Gasteiger partial charge < -0.3 is 15.5 Å². The molecule has 17 heavy (non-hydrogen) atoms. The van der Waals surface area contributed by atoms with Crippen molar-refractivity contribution in [2.24, 2.45) is 0 Å². The van der Waals surface area contributed by atoms with Crippen LogP contribution in [0.25, 0.3) is 0 Å². The number of anilines is 2. The molecule has 1 aliphatic rings. The van der Waals surface area contributed by atoms with Crippen molar-refractivity contribution in [2.45, 2.75) is 13.3 Å². The summed E-state index contributed by atoms with van der Waals surface area (Å²) in [6, 6.07) is 0. The average molecular weight is 235 g/mol. The van der Waals surface area contributed by atoms with Crippen LogP contribution in [0.3, 0.4) is 0 Å². The Bertz CT molecular complexity index is 395. The lowest BCUT2D eigenvalue weighted by atomic mass is 10.4. The fourth-order valence-corrected chi connectivity index (χ4v) is 1.78. The second kappa shape index (κ2) is 5.47. The second-order valence-electron chi connectivity index (χ2n) is 3.92. The van der Waals surface area contributed by atoms with Gasteiger partial charge in [-0.3, -0.25) is 9.78 Å².